The third kappa shape index (κ3) is 2.93. The zero-order valence-corrected chi connectivity index (χ0v) is 12.7. The van der Waals surface area contributed by atoms with E-state index in [1.165, 1.54) is 0 Å². The van der Waals surface area contributed by atoms with Crippen LogP contribution in [0.15, 0.2) is 18.2 Å². The van der Waals surface area contributed by atoms with Crippen molar-refractivity contribution in [3.8, 4) is 0 Å². The molecule has 2 N–H and O–H groups in total. The van der Waals surface area contributed by atoms with Crippen molar-refractivity contribution in [2.45, 2.75) is 32.7 Å². The number of nitrogens with two attached hydrogens (primary N) is 1. The lowest BCUT2D eigenvalue weighted by Crippen LogP contribution is -2.38. The van der Waals surface area contributed by atoms with E-state index in [4.69, 9.17) is 22.7 Å². The lowest BCUT2D eigenvalue weighted by Gasteiger charge is -2.27. The molecule has 1 aliphatic rings. The van der Waals surface area contributed by atoms with E-state index in [0.717, 1.165) is 36.2 Å². The number of benzene rings is 1. The number of esters is 1. The van der Waals surface area contributed by atoms with Gasteiger partial charge in [-0.25, -0.2) is 4.79 Å². The maximum atomic E-state index is 12.1. The minimum Gasteiger partial charge on any atom is -0.464 e. The molecular weight excluding hydrogens is 272 g/mol. The summed E-state index contributed by atoms with van der Waals surface area (Å²) in [5.74, 6) is -0.166. The van der Waals surface area contributed by atoms with Crippen LogP contribution in [0, 0.1) is 6.92 Å². The average molecular weight is 292 g/mol. The standard InChI is InChI=1S/C15H20N2O2S/c1-3-19-15(18)12-5-4-8-17(12)13-9-10(2)6-7-11(13)14(16)20/h6-7,9,12H,3-5,8H2,1-2H3,(H2,16,20). The van der Waals surface area contributed by atoms with Gasteiger partial charge < -0.3 is 15.4 Å². The molecule has 1 atom stereocenters. The molecular formula is C15H20N2O2S. The van der Waals surface area contributed by atoms with Gasteiger partial charge in [-0.3, -0.25) is 0 Å². The maximum Gasteiger partial charge on any atom is 0.328 e. The summed E-state index contributed by atoms with van der Waals surface area (Å²) in [6, 6.07) is 5.71. The molecule has 2 rings (SSSR count). The predicted octanol–water partition coefficient (Wildman–Crippen LogP) is 2.16. The lowest BCUT2D eigenvalue weighted by molar-refractivity contribution is -0.144. The summed E-state index contributed by atoms with van der Waals surface area (Å²) in [5.41, 5.74) is 8.68. The first-order valence-electron chi connectivity index (χ1n) is 6.88. The third-order valence-corrected chi connectivity index (χ3v) is 3.76. The summed E-state index contributed by atoms with van der Waals surface area (Å²) in [6.45, 7) is 5.06. The minimum absolute atomic E-state index is 0.166. The summed E-state index contributed by atoms with van der Waals surface area (Å²) < 4.78 is 5.16. The average Bonchev–Trinajstić information content (AvgIpc) is 2.87. The van der Waals surface area contributed by atoms with Crippen molar-refractivity contribution >= 4 is 28.9 Å². The molecule has 1 fully saturated rings. The molecule has 0 radical (unpaired) electrons. The highest BCUT2D eigenvalue weighted by Gasteiger charge is 2.33. The van der Waals surface area contributed by atoms with Gasteiger partial charge in [0.1, 0.15) is 11.0 Å². The Morgan fingerprint density at radius 1 is 1.55 bits per heavy atom. The molecule has 1 saturated heterocycles. The minimum atomic E-state index is -0.232. The number of aryl methyl sites for hydroxylation is 1. The number of nitrogens with zero attached hydrogens (tertiary/aromatic N) is 1. The van der Waals surface area contributed by atoms with Gasteiger partial charge in [0.2, 0.25) is 0 Å². The van der Waals surface area contributed by atoms with Gasteiger partial charge in [-0.2, -0.15) is 0 Å². The summed E-state index contributed by atoms with van der Waals surface area (Å²) in [4.78, 5) is 14.5. The molecule has 0 spiro atoms. The zero-order chi connectivity index (χ0) is 14.7. The maximum absolute atomic E-state index is 12.1. The van der Waals surface area contributed by atoms with Crippen LogP contribution in [0.3, 0.4) is 0 Å². The first-order chi connectivity index (χ1) is 9.54. The lowest BCUT2D eigenvalue weighted by atomic mass is 10.1. The fourth-order valence-electron chi connectivity index (χ4n) is 2.63. The number of carbonyl (C=O) groups excluding carboxylic acids is 1. The second kappa shape index (κ2) is 6.22. The number of anilines is 1. The van der Waals surface area contributed by atoms with Crippen LogP contribution < -0.4 is 10.6 Å². The molecule has 0 amide bonds. The Morgan fingerprint density at radius 2 is 2.30 bits per heavy atom. The van der Waals surface area contributed by atoms with Crippen molar-refractivity contribution in [1.29, 1.82) is 0 Å². The van der Waals surface area contributed by atoms with Gasteiger partial charge in [0.25, 0.3) is 0 Å². The fraction of sp³-hybridized carbons (Fsp3) is 0.467. The largest absolute Gasteiger partial charge is 0.464 e. The quantitative estimate of drug-likeness (QED) is 0.681. The van der Waals surface area contributed by atoms with E-state index in [9.17, 15) is 4.79 Å². The van der Waals surface area contributed by atoms with Crippen LogP contribution in [0.25, 0.3) is 0 Å². The third-order valence-electron chi connectivity index (χ3n) is 3.54. The fourth-order valence-corrected chi connectivity index (χ4v) is 2.80. The highest BCUT2D eigenvalue weighted by Crippen LogP contribution is 2.30. The molecule has 1 aliphatic heterocycles. The van der Waals surface area contributed by atoms with E-state index in [1.54, 1.807) is 0 Å². The number of hydrogen-bond acceptors (Lipinski definition) is 4. The van der Waals surface area contributed by atoms with Crippen molar-refractivity contribution in [3.05, 3.63) is 29.3 Å². The Morgan fingerprint density at radius 3 is 2.95 bits per heavy atom. The molecule has 0 saturated carbocycles. The van der Waals surface area contributed by atoms with Crippen molar-refractivity contribution < 1.29 is 9.53 Å². The van der Waals surface area contributed by atoms with E-state index < -0.39 is 0 Å². The molecule has 1 aromatic carbocycles. The van der Waals surface area contributed by atoms with Gasteiger partial charge in [0.05, 0.1) is 6.61 Å². The van der Waals surface area contributed by atoms with Crippen LogP contribution in [-0.2, 0) is 9.53 Å². The van der Waals surface area contributed by atoms with E-state index in [-0.39, 0.29) is 12.0 Å². The molecule has 0 aromatic heterocycles. The topological polar surface area (TPSA) is 55.6 Å². The number of ether oxygens (including phenoxy) is 1. The molecule has 20 heavy (non-hydrogen) atoms. The van der Waals surface area contributed by atoms with Crippen molar-refractivity contribution in [2.24, 2.45) is 5.73 Å². The van der Waals surface area contributed by atoms with Crippen molar-refractivity contribution in [2.75, 3.05) is 18.1 Å². The van der Waals surface area contributed by atoms with Crippen molar-refractivity contribution in [1.82, 2.24) is 0 Å². The van der Waals surface area contributed by atoms with Crippen molar-refractivity contribution in [3.63, 3.8) is 0 Å². The Bertz CT molecular complexity index is 531. The van der Waals surface area contributed by atoms with E-state index >= 15 is 0 Å². The normalized spacial score (nSPS) is 18.1. The van der Waals surface area contributed by atoms with Crippen LogP contribution >= 0.6 is 12.2 Å². The first kappa shape index (κ1) is 14.8. The smallest absolute Gasteiger partial charge is 0.328 e. The van der Waals surface area contributed by atoms with Crippen LogP contribution in [0.4, 0.5) is 5.69 Å². The van der Waals surface area contributed by atoms with Crippen LogP contribution in [0.1, 0.15) is 30.9 Å². The molecule has 5 heteroatoms. The number of carbonyl (C=O) groups is 1. The molecule has 4 nitrogen and oxygen atoms in total. The number of rotatable bonds is 4. The molecule has 108 valence electrons. The Hall–Kier alpha value is -1.62. The second-order valence-corrected chi connectivity index (χ2v) is 5.43. The SMILES string of the molecule is CCOC(=O)C1CCCN1c1cc(C)ccc1C(N)=S. The summed E-state index contributed by atoms with van der Waals surface area (Å²) in [5, 5.41) is 0. The molecule has 1 unspecified atom stereocenters. The van der Waals surface area contributed by atoms with Gasteiger partial charge in [0.15, 0.2) is 0 Å². The Labute approximate surface area is 124 Å². The number of hydrogen-bond donors (Lipinski definition) is 1. The van der Waals surface area contributed by atoms with Gasteiger partial charge >= 0.3 is 5.97 Å². The van der Waals surface area contributed by atoms with Crippen LogP contribution in [0.5, 0.6) is 0 Å². The summed E-state index contributed by atoms with van der Waals surface area (Å²) in [6.07, 6.45) is 1.78. The van der Waals surface area contributed by atoms with Crippen LogP contribution in [-0.4, -0.2) is 30.2 Å². The highest BCUT2D eigenvalue weighted by molar-refractivity contribution is 7.80. The molecule has 1 aromatic rings. The van der Waals surface area contributed by atoms with E-state index in [1.807, 2.05) is 32.0 Å². The van der Waals surface area contributed by atoms with Gasteiger partial charge in [-0.05, 0) is 44.4 Å². The highest BCUT2D eigenvalue weighted by atomic mass is 32.1. The first-order valence-corrected chi connectivity index (χ1v) is 7.29. The molecule has 0 bridgehead atoms. The van der Waals surface area contributed by atoms with Gasteiger partial charge in [-0.1, -0.05) is 18.3 Å². The Balaban J connectivity index is 2.36. The number of thiocarbonyl (C=S) groups is 1. The van der Waals surface area contributed by atoms with Crippen LogP contribution in [0.2, 0.25) is 0 Å². The molecule has 1 heterocycles. The van der Waals surface area contributed by atoms with E-state index in [0.29, 0.717) is 11.6 Å². The summed E-state index contributed by atoms with van der Waals surface area (Å²) >= 11 is 5.12. The summed E-state index contributed by atoms with van der Waals surface area (Å²) in [7, 11) is 0. The van der Waals surface area contributed by atoms with Gasteiger partial charge in [0, 0.05) is 17.8 Å². The van der Waals surface area contributed by atoms with Gasteiger partial charge in [-0.15, -0.1) is 0 Å². The Kier molecular flexibility index (Phi) is 4.60. The molecule has 0 aliphatic carbocycles. The van der Waals surface area contributed by atoms with E-state index in [2.05, 4.69) is 4.90 Å². The zero-order valence-electron chi connectivity index (χ0n) is 11.9. The predicted molar refractivity (Wildman–Crippen MR) is 84.1 cm³/mol. The monoisotopic (exact) mass is 292 g/mol. The second-order valence-electron chi connectivity index (χ2n) is 4.99.